The maximum Gasteiger partial charge on any atom is 0.331 e. The molecular weight excluding hydrogens is 290 g/mol. The topological polar surface area (TPSA) is 77.2 Å². The molecule has 1 aromatic carbocycles. The molecule has 0 fully saturated rings. The van der Waals surface area contributed by atoms with Gasteiger partial charge in [0.1, 0.15) is 5.75 Å². The Balaban J connectivity index is 2.04. The zero-order valence-corrected chi connectivity index (χ0v) is 12.9. The average Bonchev–Trinajstić information content (AvgIpc) is 2.94. The number of rotatable bonds is 6. The zero-order chi connectivity index (χ0) is 15.5. The van der Waals surface area contributed by atoms with Crippen molar-refractivity contribution in [1.29, 1.82) is 0 Å². The highest BCUT2D eigenvalue weighted by molar-refractivity contribution is 7.98. The molecule has 0 radical (unpaired) electrons. The number of hydrogen-bond acceptors (Lipinski definition) is 5. The number of benzene rings is 1. The molecule has 2 aromatic rings. The van der Waals surface area contributed by atoms with Crippen LogP contribution >= 0.6 is 11.8 Å². The van der Waals surface area contributed by atoms with Crippen molar-refractivity contribution in [3.05, 3.63) is 36.2 Å². The quantitative estimate of drug-likeness (QED) is 0.826. The van der Waals surface area contributed by atoms with E-state index in [-0.39, 0.29) is 0 Å². The van der Waals surface area contributed by atoms with Crippen LogP contribution in [0.4, 0.5) is 0 Å². The Labute approximate surface area is 127 Å². The van der Waals surface area contributed by atoms with Gasteiger partial charge in [-0.1, -0.05) is 11.3 Å². The van der Waals surface area contributed by atoms with Gasteiger partial charge in [0.05, 0.1) is 19.0 Å². The van der Waals surface area contributed by atoms with Crippen LogP contribution in [0.2, 0.25) is 0 Å². The number of nitrogens with zero attached hydrogens (tertiary/aromatic N) is 3. The molecule has 0 aliphatic carbocycles. The summed E-state index contributed by atoms with van der Waals surface area (Å²) in [6.45, 7) is 3.17. The fourth-order valence-electron chi connectivity index (χ4n) is 1.58. The van der Waals surface area contributed by atoms with Crippen LogP contribution in [-0.2, 0) is 16.1 Å². The lowest BCUT2D eigenvalue weighted by molar-refractivity contribution is -0.146. The van der Waals surface area contributed by atoms with Gasteiger partial charge in [-0.2, -0.15) is 0 Å². The predicted octanol–water partition coefficient (Wildman–Crippen LogP) is 2.40. The van der Waals surface area contributed by atoms with Crippen molar-refractivity contribution in [1.82, 2.24) is 15.0 Å². The molecule has 1 heterocycles. The first-order valence-corrected chi connectivity index (χ1v) is 7.34. The van der Waals surface area contributed by atoms with E-state index in [0.717, 1.165) is 16.3 Å². The van der Waals surface area contributed by atoms with Crippen LogP contribution in [0.1, 0.15) is 19.5 Å². The van der Waals surface area contributed by atoms with E-state index in [1.165, 1.54) is 4.68 Å². The maximum atomic E-state index is 11.2. The van der Waals surface area contributed by atoms with Crippen LogP contribution in [-0.4, -0.2) is 33.2 Å². The Kier molecular flexibility index (Phi) is 4.52. The van der Waals surface area contributed by atoms with Crippen LogP contribution in [0.3, 0.4) is 0 Å². The molecule has 6 nitrogen and oxygen atoms in total. The third kappa shape index (κ3) is 3.55. The number of aliphatic carboxylic acids is 1. The van der Waals surface area contributed by atoms with Crippen LogP contribution in [0.25, 0.3) is 0 Å². The lowest BCUT2D eigenvalue weighted by Crippen LogP contribution is -2.36. The third-order valence-electron chi connectivity index (χ3n) is 3.06. The van der Waals surface area contributed by atoms with Gasteiger partial charge >= 0.3 is 5.97 Å². The van der Waals surface area contributed by atoms with E-state index in [1.807, 2.05) is 24.3 Å². The summed E-state index contributed by atoms with van der Waals surface area (Å²) in [7, 11) is 1.63. The molecule has 0 aliphatic rings. The van der Waals surface area contributed by atoms with Crippen molar-refractivity contribution in [3.63, 3.8) is 0 Å². The summed E-state index contributed by atoms with van der Waals surface area (Å²) >= 11 is 1.59. The average molecular weight is 307 g/mol. The summed E-state index contributed by atoms with van der Waals surface area (Å²) in [5.74, 6) is 0.470. The third-order valence-corrected chi connectivity index (χ3v) is 4.09. The number of hydrogen-bond donors (Lipinski definition) is 1. The number of methoxy groups -OCH3 is 1. The Morgan fingerprint density at radius 2 is 2.24 bits per heavy atom. The minimum Gasteiger partial charge on any atom is -0.497 e. The molecule has 0 aliphatic heterocycles. The van der Waals surface area contributed by atoms with Gasteiger partial charge in [-0.15, -0.1) is 16.9 Å². The highest BCUT2D eigenvalue weighted by atomic mass is 32.2. The number of ether oxygens (including phenoxy) is 1. The molecule has 1 aromatic heterocycles. The highest BCUT2D eigenvalue weighted by Gasteiger charge is 2.30. The molecule has 0 amide bonds. The second-order valence-corrected chi connectivity index (χ2v) is 6.04. The van der Waals surface area contributed by atoms with Gasteiger partial charge in [0.25, 0.3) is 0 Å². The molecule has 1 N–H and O–H groups in total. The number of carboxylic acids is 1. The summed E-state index contributed by atoms with van der Waals surface area (Å²) < 4.78 is 6.54. The van der Waals surface area contributed by atoms with Crippen molar-refractivity contribution in [3.8, 4) is 5.75 Å². The van der Waals surface area contributed by atoms with E-state index in [4.69, 9.17) is 9.84 Å². The molecule has 7 heteroatoms. The molecule has 112 valence electrons. The van der Waals surface area contributed by atoms with Crippen molar-refractivity contribution in [2.75, 3.05) is 7.11 Å². The predicted molar refractivity (Wildman–Crippen MR) is 79.5 cm³/mol. The van der Waals surface area contributed by atoms with Gasteiger partial charge in [0.15, 0.2) is 5.54 Å². The molecule has 0 bridgehead atoms. The molecule has 0 saturated heterocycles. The van der Waals surface area contributed by atoms with E-state index >= 15 is 0 Å². The van der Waals surface area contributed by atoms with Gasteiger partial charge in [-0.05, 0) is 32.0 Å². The van der Waals surface area contributed by atoms with Gasteiger partial charge in [-0.25, -0.2) is 9.48 Å². The van der Waals surface area contributed by atoms with Crippen molar-refractivity contribution in [2.45, 2.75) is 30.0 Å². The van der Waals surface area contributed by atoms with Crippen molar-refractivity contribution >= 4 is 17.7 Å². The lowest BCUT2D eigenvalue weighted by Gasteiger charge is -2.18. The fraction of sp³-hybridized carbons (Fsp3) is 0.357. The Morgan fingerprint density at radius 3 is 2.90 bits per heavy atom. The first kappa shape index (κ1) is 15.4. The highest BCUT2D eigenvalue weighted by Crippen LogP contribution is 2.25. The van der Waals surface area contributed by atoms with Gasteiger partial charge in [0.2, 0.25) is 0 Å². The summed E-state index contributed by atoms with van der Waals surface area (Å²) in [5.41, 5.74) is -0.372. The van der Waals surface area contributed by atoms with E-state index in [9.17, 15) is 4.79 Å². The number of thioether (sulfide) groups is 1. The number of aromatic nitrogens is 3. The largest absolute Gasteiger partial charge is 0.497 e. The molecule has 0 saturated carbocycles. The molecule has 0 unspecified atom stereocenters. The van der Waals surface area contributed by atoms with Crippen LogP contribution in [0.5, 0.6) is 5.75 Å². The standard InChI is InChI=1S/C14H17N3O3S/c1-14(2,13(18)19)17-8-10(15-16-17)9-21-12-6-4-5-11(7-12)20-3/h4-8H,9H2,1-3H3,(H,18,19). The minimum absolute atomic E-state index is 0.614. The Morgan fingerprint density at radius 1 is 1.48 bits per heavy atom. The SMILES string of the molecule is COc1cccc(SCc2cn(C(C)(C)C(=O)O)nn2)c1. The van der Waals surface area contributed by atoms with E-state index in [1.54, 1.807) is 38.9 Å². The van der Waals surface area contributed by atoms with Gasteiger partial charge < -0.3 is 9.84 Å². The molecule has 0 spiro atoms. The fourth-order valence-corrected chi connectivity index (χ4v) is 2.41. The first-order chi connectivity index (χ1) is 9.93. The Hall–Kier alpha value is -2.02. The maximum absolute atomic E-state index is 11.2. The first-order valence-electron chi connectivity index (χ1n) is 6.35. The van der Waals surface area contributed by atoms with E-state index in [2.05, 4.69) is 10.3 Å². The monoisotopic (exact) mass is 307 g/mol. The van der Waals surface area contributed by atoms with Gasteiger partial charge in [0, 0.05) is 10.6 Å². The van der Waals surface area contributed by atoms with Gasteiger partial charge in [-0.3, -0.25) is 0 Å². The summed E-state index contributed by atoms with van der Waals surface area (Å²) in [6.07, 6.45) is 1.67. The second-order valence-electron chi connectivity index (χ2n) is 4.99. The van der Waals surface area contributed by atoms with Crippen LogP contribution in [0.15, 0.2) is 35.4 Å². The smallest absolute Gasteiger partial charge is 0.331 e. The molecule has 2 rings (SSSR count). The lowest BCUT2D eigenvalue weighted by atomic mass is 10.1. The second kappa shape index (κ2) is 6.17. The number of carbonyl (C=O) groups is 1. The van der Waals surface area contributed by atoms with Crippen LogP contribution in [0, 0.1) is 0 Å². The molecule has 21 heavy (non-hydrogen) atoms. The summed E-state index contributed by atoms with van der Waals surface area (Å²) in [4.78, 5) is 12.2. The molecular formula is C14H17N3O3S. The van der Waals surface area contributed by atoms with Crippen LogP contribution < -0.4 is 4.74 Å². The van der Waals surface area contributed by atoms with E-state index < -0.39 is 11.5 Å². The van der Waals surface area contributed by atoms with E-state index in [0.29, 0.717) is 5.75 Å². The Bertz CT molecular complexity index is 640. The van der Waals surface area contributed by atoms with Crippen molar-refractivity contribution < 1.29 is 14.6 Å². The zero-order valence-electron chi connectivity index (χ0n) is 12.1. The number of carboxylic acid groups (broad SMARTS) is 1. The van der Waals surface area contributed by atoms with Crippen molar-refractivity contribution in [2.24, 2.45) is 0 Å². The summed E-state index contributed by atoms with van der Waals surface area (Å²) in [5, 5.41) is 17.1. The minimum atomic E-state index is -1.11. The molecule has 0 atom stereocenters. The normalized spacial score (nSPS) is 11.4. The summed E-state index contributed by atoms with van der Waals surface area (Å²) in [6, 6.07) is 7.73.